The molecule has 1 fully saturated rings. The van der Waals surface area contributed by atoms with Gasteiger partial charge < -0.3 is 19.0 Å². The number of hydrogen-bond acceptors (Lipinski definition) is 5. The van der Waals surface area contributed by atoms with E-state index in [1.807, 2.05) is 30.5 Å². The van der Waals surface area contributed by atoms with E-state index in [1.54, 1.807) is 11.8 Å². The highest BCUT2D eigenvalue weighted by Crippen LogP contribution is 2.27. The summed E-state index contributed by atoms with van der Waals surface area (Å²) in [6, 6.07) is 7.27. The van der Waals surface area contributed by atoms with Crippen molar-refractivity contribution >= 4 is 16.8 Å². The molecule has 0 radical (unpaired) electrons. The second-order valence-corrected chi connectivity index (χ2v) is 5.50. The third kappa shape index (κ3) is 2.39. The molecule has 4 rings (SSSR count). The van der Waals surface area contributed by atoms with Crippen LogP contribution in [-0.2, 0) is 4.74 Å². The highest BCUT2D eigenvalue weighted by atomic mass is 16.5. The van der Waals surface area contributed by atoms with Gasteiger partial charge in [0.2, 0.25) is 11.8 Å². The van der Waals surface area contributed by atoms with Crippen LogP contribution in [0.25, 0.3) is 10.9 Å². The molecule has 1 aliphatic rings. The third-order valence-electron chi connectivity index (χ3n) is 4.03. The van der Waals surface area contributed by atoms with Crippen LogP contribution in [0.2, 0.25) is 0 Å². The second-order valence-electron chi connectivity index (χ2n) is 5.50. The Morgan fingerprint density at radius 2 is 2.26 bits per heavy atom. The molecule has 1 amide bonds. The molecule has 1 atom stereocenters. The van der Waals surface area contributed by atoms with Crippen LogP contribution in [0.3, 0.4) is 0 Å². The molecule has 7 heteroatoms. The zero-order valence-electron chi connectivity index (χ0n) is 12.7. The van der Waals surface area contributed by atoms with Gasteiger partial charge in [0.15, 0.2) is 0 Å². The smallest absolute Gasteiger partial charge is 0.256 e. The summed E-state index contributed by atoms with van der Waals surface area (Å²) in [6.45, 7) is 3.07. The number of carbonyl (C=O) groups is 1. The first-order valence-electron chi connectivity index (χ1n) is 7.49. The maximum Gasteiger partial charge on any atom is 0.256 e. The van der Waals surface area contributed by atoms with E-state index in [1.165, 1.54) is 0 Å². The van der Waals surface area contributed by atoms with Crippen molar-refractivity contribution in [2.75, 3.05) is 19.8 Å². The van der Waals surface area contributed by atoms with Gasteiger partial charge in [-0.3, -0.25) is 4.79 Å². The molecule has 23 heavy (non-hydrogen) atoms. The largest absolute Gasteiger partial charge is 0.423 e. The van der Waals surface area contributed by atoms with Crippen molar-refractivity contribution in [1.82, 2.24) is 20.1 Å². The van der Waals surface area contributed by atoms with E-state index >= 15 is 0 Å². The minimum atomic E-state index is -0.359. The summed E-state index contributed by atoms with van der Waals surface area (Å²) < 4.78 is 11.0. The fourth-order valence-electron chi connectivity index (χ4n) is 2.92. The molecule has 1 N–H and O–H groups in total. The Morgan fingerprint density at radius 3 is 3.09 bits per heavy atom. The Hall–Kier alpha value is -2.67. The summed E-state index contributed by atoms with van der Waals surface area (Å²) in [7, 11) is 0. The van der Waals surface area contributed by atoms with Crippen LogP contribution in [0.15, 0.2) is 34.9 Å². The average molecular weight is 312 g/mol. The van der Waals surface area contributed by atoms with Crippen molar-refractivity contribution in [2.24, 2.45) is 0 Å². The summed E-state index contributed by atoms with van der Waals surface area (Å²) in [5, 5.41) is 8.91. The van der Waals surface area contributed by atoms with Gasteiger partial charge in [0.05, 0.1) is 24.3 Å². The molecule has 3 heterocycles. The molecule has 2 aromatic heterocycles. The number of rotatable bonds is 2. The maximum absolute atomic E-state index is 13.1. The Bertz CT molecular complexity index is 854. The van der Waals surface area contributed by atoms with Crippen molar-refractivity contribution in [1.29, 1.82) is 0 Å². The molecular weight excluding hydrogens is 296 g/mol. The number of nitrogens with one attached hydrogen (secondary N) is 1. The highest BCUT2D eigenvalue weighted by molar-refractivity contribution is 6.05. The van der Waals surface area contributed by atoms with Crippen LogP contribution in [0, 0.1) is 6.92 Å². The summed E-state index contributed by atoms with van der Waals surface area (Å²) >= 11 is 0. The number of ether oxygens (including phenoxy) is 1. The first kappa shape index (κ1) is 14.0. The van der Waals surface area contributed by atoms with E-state index in [-0.39, 0.29) is 11.9 Å². The molecule has 1 saturated heterocycles. The van der Waals surface area contributed by atoms with E-state index in [4.69, 9.17) is 9.15 Å². The van der Waals surface area contributed by atoms with Gasteiger partial charge in [0.25, 0.3) is 5.91 Å². The summed E-state index contributed by atoms with van der Waals surface area (Å²) in [5.41, 5.74) is 1.47. The number of aromatic nitrogens is 3. The van der Waals surface area contributed by atoms with Crippen LogP contribution in [-0.4, -0.2) is 45.7 Å². The van der Waals surface area contributed by atoms with Crippen molar-refractivity contribution in [3.8, 4) is 0 Å². The van der Waals surface area contributed by atoms with Crippen molar-refractivity contribution in [3.63, 3.8) is 0 Å². The second kappa shape index (κ2) is 5.51. The molecule has 0 spiro atoms. The Balaban J connectivity index is 1.72. The standard InChI is InChI=1S/C16H16N4O3/c1-10-18-19-15(23-10)13-9-22-8-7-20(13)16(21)12-4-2-3-11-5-6-17-14(11)12/h2-6,13,17H,7-9H2,1H3. The van der Waals surface area contributed by atoms with Gasteiger partial charge in [-0.2, -0.15) is 0 Å². The van der Waals surface area contributed by atoms with Gasteiger partial charge in [0.1, 0.15) is 6.04 Å². The number of nitrogens with zero attached hydrogens (tertiary/aromatic N) is 3. The van der Waals surface area contributed by atoms with E-state index in [9.17, 15) is 4.79 Å². The lowest BCUT2D eigenvalue weighted by molar-refractivity contribution is -0.0105. The van der Waals surface area contributed by atoms with Gasteiger partial charge in [-0.15, -0.1) is 10.2 Å². The molecule has 1 unspecified atom stereocenters. The van der Waals surface area contributed by atoms with Crippen LogP contribution in [0.4, 0.5) is 0 Å². The van der Waals surface area contributed by atoms with Crippen molar-refractivity contribution in [2.45, 2.75) is 13.0 Å². The monoisotopic (exact) mass is 312 g/mol. The van der Waals surface area contributed by atoms with Crippen molar-refractivity contribution < 1.29 is 13.9 Å². The van der Waals surface area contributed by atoms with Crippen LogP contribution >= 0.6 is 0 Å². The first-order valence-corrected chi connectivity index (χ1v) is 7.49. The number of morpholine rings is 1. The topological polar surface area (TPSA) is 84.3 Å². The lowest BCUT2D eigenvalue weighted by Crippen LogP contribution is -2.43. The van der Waals surface area contributed by atoms with Gasteiger partial charge in [-0.1, -0.05) is 12.1 Å². The number of H-pyrrole nitrogens is 1. The molecular formula is C16H16N4O3. The van der Waals surface area contributed by atoms with Gasteiger partial charge >= 0.3 is 0 Å². The van der Waals surface area contributed by atoms with Gasteiger partial charge in [-0.25, -0.2) is 0 Å². The zero-order valence-corrected chi connectivity index (χ0v) is 12.7. The quantitative estimate of drug-likeness (QED) is 0.783. The highest BCUT2D eigenvalue weighted by Gasteiger charge is 2.33. The number of aromatic amines is 1. The van der Waals surface area contributed by atoms with E-state index in [0.717, 1.165) is 10.9 Å². The normalized spacial score (nSPS) is 18.5. The summed E-state index contributed by atoms with van der Waals surface area (Å²) in [4.78, 5) is 17.9. The molecule has 1 aromatic carbocycles. The fraction of sp³-hybridized carbons (Fsp3) is 0.312. The molecule has 7 nitrogen and oxygen atoms in total. The Morgan fingerprint density at radius 1 is 1.35 bits per heavy atom. The maximum atomic E-state index is 13.1. The number of benzene rings is 1. The molecule has 0 saturated carbocycles. The SMILES string of the molecule is Cc1nnc(C2COCCN2C(=O)c2cccc3cc[nH]c23)o1. The average Bonchev–Trinajstić information content (AvgIpc) is 3.22. The number of fused-ring (bicyclic) bond motifs is 1. The number of aryl methyl sites for hydroxylation is 1. The van der Waals surface area contributed by atoms with Crippen LogP contribution < -0.4 is 0 Å². The number of hydrogen-bond donors (Lipinski definition) is 1. The van der Waals surface area contributed by atoms with Crippen LogP contribution in [0.5, 0.6) is 0 Å². The van der Waals surface area contributed by atoms with Gasteiger partial charge in [0, 0.05) is 25.1 Å². The Labute approximate surface area is 132 Å². The number of amides is 1. The lowest BCUT2D eigenvalue weighted by Gasteiger charge is -2.33. The van der Waals surface area contributed by atoms with Gasteiger partial charge in [-0.05, 0) is 12.1 Å². The van der Waals surface area contributed by atoms with E-state index in [0.29, 0.717) is 37.1 Å². The minimum absolute atomic E-state index is 0.0674. The molecule has 118 valence electrons. The molecule has 0 aliphatic carbocycles. The van der Waals surface area contributed by atoms with E-state index in [2.05, 4.69) is 15.2 Å². The summed E-state index contributed by atoms with van der Waals surface area (Å²) in [5.74, 6) is 0.820. The van der Waals surface area contributed by atoms with Crippen LogP contribution in [0.1, 0.15) is 28.2 Å². The van der Waals surface area contributed by atoms with E-state index < -0.39 is 0 Å². The number of carbonyl (C=O) groups excluding carboxylic acids is 1. The minimum Gasteiger partial charge on any atom is -0.423 e. The zero-order chi connectivity index (χ0) is 15.8. The fourth-order valence-corrected chi connectivity index (χ4v) is 2.92. The molecule has 3 aromatic rings. The Kier molecular flexibility index (Phi) is 3.34. The summed E-state index contributed by atoms with van der Waals surface area (Å²) in [6.07, 6.45) is 1.83. The first-order chi connectivity index (χ1) is 11.2. The van der Waals surface area contributed by atoms with Crippen molar-refractivity contribution in [3.05, 3.63) is 47.8 Å². The lowest BCUT2D eigenvalue weighted by atomic mass is 10.1. The number of para-hydroxylation sites is 1. The molecule has 0 bridgehead atoms. The predicted octanol–water partition coefficient (Wildman–Crippen LogP) is 2.07. The third-order valence-corrected chi connectivity index (χ3v) is 4.03. The molecule has 1 aliphatic heterocycles. The predicted molar refractivity (Wildman–Crippen MR) is 81.9 cm³/mol.